The maximum Gasteiger partial charge on any atom is 0.233 e. The maximum absolute atomic E-state index is 13.3. The molecule has 2 amide bonds. The van der Waals surface area contributed by atoms with Gasteiger partial charge in [-0.1, -0.05) is 17.7 Å². The number of likely N-dealkylation sites (tertiary alicyclic amines) is 1. The fourth-order valence-electron chi connectivity index (χ4n) is 6.03. The molecule has 4 unspecified atom stereocenters. The van der Waals surface area contributed by atoms with Crippen molar-refractivity contribution in [1.29, 1.82) is 0 Å². The summed E-state index contributed by atoms with van der Waals surface area (Å²) in [6.07, 6.45) is 4.00. The molecule has 1 heterocycles. The predicted octanol–water partition coefficient (Wildman–Crippen LogP) is 2.85. The zero-order valence-corrected chi connectivity index (χ0v) is 18.8. The van der Waals surface area contributed by atoms with Gasteiger partial charge in [-0.15, -0.1) is 0 Å². The molecule has 3 aliphatic carbocycles. The van der Waals surface area contributed by atoms with Gasteiger partial charge >= 0.3 is 0 Å². The molecule has 7 heteroatoms. The van der Waals surface area contributed by atoms with Gasteiger partial charge in [0.05, 0.1) is 18.9 Å². The number of nitrogens with zero attached hydrogens (tertiary/aromatic N) is 1. The number of allylic oxidation sites excluding steroid dienone is 6. The fourth-order valence-corrected chi connectivity index (χ4v) is 6.03. The average molecular weight is 447 g/mol. The molecule has 4 atom stereocenters. The Labute approximate surface area is 191 Å². The number of ketones is 2. The maximum atomic E-state index is 13.3. The number of carbonyl (C=O) groups is 4. The van der Waals surface area contributed by atoms with Gasteiger partial charge in [0.2, 0.25) is 11.8 Å². The van der Waals surface area contributed by atoms with Crippen molar-refractivity contribution in [2.45, 2.75) is 32.6 Å². The van der Waals surface area contributed by atoms with Gasteiger partial charge in [-0.3, -0.25) is 24.1 Å². The third-order valence-corrected chi connectivity index (χ3v) is 7.50. The molecule has 170 valence electrons. The molecular formula is C26H25NO6. The largest absolute Gasteiger partial charge is 0.508 e. The molecule has 1 aromatic carbocycles. The number of hydrogen-bond acceptors (Lipinski definition) is 6. The van der Waals surface area contributed by atoms with Crippen LogP contribution in [0.2, 0.25) is 0 Å². The van der Waals surface area contributed by atoms with E-state index in [1.165, 1.54) is 30.2 Å². The second kappa shape index (κ2) is 7.54. The van der Waals surface area contributed by atoms with Gasteiger partial charge in [0, 0.05) is 40.8 Å². The minimum absolute atomic E-state index is 0.0205. The molecule has 1 aromatic rings. The molecular weight excluding hydrogens is 422 g/mol. The van der Waals surface area contributed by atoms with Crippen LogP contribution in [0.1, 0.15) is 38.2 Å². The summed E-state index contributed by atoms with van der Waals surface area (Å²) in [5.41, 5.74) is 2.71. The van der Waals surface area contributed by atoms with Crippen LogP contribution in [0.25, 0.3) is 0 Å². The van der Waals surface area contributed by atoms with E-state index in [2.05, 4.69) is 0 Å². The van der Waals surface area contributed by atoms with Crippen molar-refractivity contribution in [3.63, 3.8) is 0 Å². The molecule has 1 fully saturated rings. The third kappa shape index (κ3) is 2.95. The Hall–Kier alpha value is -3.48. The summed E-state index contributed by atoms with van der Waals surface area (Å²) < 4.78 is 5.54. The van der Waals surface area contributed by atoms with E-state index in [4.69, 9.17) is 4.74 Å². The molecule has 4 aliphatic rings. The quantitative estimate of drug-likeness (QED) is 0.434. The van der Waals surface area contributed by atoms with Gasteiger partial charge in [-0.05, 0) is 44.7 Å². The van der Waals surface area contributed by atoms with Crippen LogP contribution >= 0.6 is 0 Å². The lowest BCUT2D eigenvalue weighted by Crippen LogP contribution is -2.39. The molecule has 1 saturated heterocycles. The lowest BCUT2D eigenvalue weighted by atomic mass is 9.59. The van der Waals surface area contributed by atoms with Crippen molar-refractivity contribution >= 4 is 23.4 Å². The number of aromatic hydroxyl groups is 1. The van der Waals surface area contributed by atoms with Crippen molar-refractivity contribution in [3.05, 3.63) is 58.2 Å². The van der Waals surface area contributed by atoms with Crippen molar-refractivity contribution in [1.82, 2.24) is 4.90 Å². The summed E-state index contributed by atoms with van der Waals surface area (Å²) in [6, 6.07) is 4.70. The van der Waals surface area contributed by atoms with E-state index in [1.807, 2.05) is 6.08 Å². The monoisotopic (exact) mass is 447 g/mol. The Balaban J connectivity index is 1.73. The van der Waals surface area contributed by atoms with Crippen LogP contribution in [0.3, 0.4) is 0 Å². The summed E-state index contributed by atoms with van der Waals surface area (Å²) in [6.45, 7) is 3.73. The number of fused-ring (bicyclic) bond motifs is 3. The Bertz CT molecular complexity index is 1220. The van der Waals surface area contributed by atoms with E-state index < -0.39 is 17.8 Å². The Kier molecular flexibility index (Phi) is 4.88. The van der Waals surface area contributed by atoms with Crippen LogP contribution in [0.5, 0.6) is 11.5 Å². The first-order chi connectivity index (χ1) is 15.8. The number of phenolic OH excluding ortho intramolecular Hbond substituents is 1. The van der Waals surface area contributed by atoms with Gasteiger partial charge in [-0.2, -0.15) is 0 Å². The highest BCUT2D eigenvalue weighted by Gasteiger charge is 2.56. The SMILES string of the molecule is CCN1C(=O)C2CC=C3C(c4ccc(O)cc4OC)C4=C(CC3C2C1=O)C(=O)C=C(C)C4=O. The number of amides is 2. The van der Waals surface area contributed by atoms with Gasteiger partial charge < -0.3 is 9.84 Å². The highest BCUT2D eigenvalue weighted by atomic mass is 16.5. The van der Waals surface area contributed by atoms with Crippen molar-refractivity contribution in [2.75, 3.05) is 13.7 Å². The zero-order valence-electron chi connectivity index (χ0n) is 18.8. The summed E-state index contributed by atoms with van der Waals surface area (Å²) in [7, 11) is 1.48. The van der Waals surface area contributed by atoms with Crippen molar-refractivity contribution < 1.29 is 29.0 Å². The van der Waals surface area contributed by atoms with E-state index >= 15 is 0 Å². The summed E-state index contributed by atoms with van der Waals surface area (Å²) in [5, 5.41) is 9.99. The number of phenols is 1. The standard InChI is InChI=1S/C26H25NO6/c1-4-27-25(31)16-8-7-14-17(22(16)26(27)32)11-18-19(29)9-12(2)24(30)23(18)21(14)15-6-5-13(28)10-20(15)33-3/h5-7,9-10,16-17,21-22,28H,4,8,11H2,1-3H3. The first kappa shape index (κ1) is 21.4. The van der Waals surface area contributed by atoms with Crippen LogP contribution in [0, 0.1) is 17.8 Å². The van der Waals surface area contributed by atoms with E-state index in [9.17, 15) is 24.3 Å². The van der Waals surface area contributed by atoms with E-state index in [0.29, 0.717) is 41.0 Å². The lowest BCUT2D eigenvalue weighted by molar-refractivity contribution is -0.139. The van der Waals surface area contributed by atoms with E-state index in [0.717, 1.165) is 5.57 Å². The third-order valence-electron chi connectivity index (χ3n) is 7.50. The van der Waals surface area contributed by atoms with Crippen LogP contribution < -0.4 is 4.74 Å². The number of Topliss-reactive ketones (excluding diaryl/α,β-unsaturated/α-hetero) is 1. The van der Waals surface area contributed by atoms with Crippen LogP contribution in [0.15, 0.2) is 52.6 Å². The summed E-state index contributed by atoms with van der Waals surface area (Å²) in [5.74, 6) is -2.32. The minimum atomic E-state index is -0.589. The number of carbonyl (C=O) groups excluding carboxylic acids is 4. The van der Waals surface area contributed by atoms with Gasteiger partial charge in [0.25, 0.3) is 0 Å². The topological polar surface area (TPSA) is 101 Å². The molecule has 1 N–H and O–H groups in total. The van der Waals surface area contributed by atoms with Crippen LogP contribution in [0.4, 0.5) is 0 Å². The van der Waals surface area contributed by atoms with E-state index in [1.54, 1.807) is 19.9 Å². The number of hydrogen-bond donors (Lipinski definition) is 1. The number of methoxy groups -OCH3 is 1. The summed E-state index contributed by atoms with van der Waals surface area (Å²) >= 11 is 0. The van der Waals surface area contributed by atoms with Gasteiger partial charge in [0.1, 0.15) is 11.5 Å². The number of benzene rings is 1. The first-order valence-corrected chi connectivity index (χ1v) is 11.2. The Morgan fingerprint density at radius 2 is 1.88 bits per heavy atom. The van der Waals surface area contributed by atoms with Crippen LogP contribution in [-0.4, -0.2) is 47.0 Å². The molecule has 33 heavy (non-hydrogen) atoms. The average Bonchev–Trinajstić information content (AvgIpc) is 3.05. The first-order valence-electron chi connectivity index (χ1n) is 11.2. The minimum Gasteiger partial charge on any atom is -0.508 e. The summed E-state index contributed by atoms with van der Waals surface area (Å²) in [4.78, 5) is 53.8. The molecule has 0 bridgehead atoms. The number of imide groups is 1. The molecule has 0 radical (unpaired) electrons. The molecule has 7 nitrogen and oxygen atoms in total. The Morgan fingerprint density at radius 1 is 1.12 bits per heavy atom. The number of ether oxygens (including phenoxy) is 1. The van der Waals surface area contributed by atoms with Gasteiger partial charge in [0.15, 0.2) is 11.6 Å². The molecule has 1 aliphatic heterocycles. The molecule has 0 aromatic heterocycles. The van der Waals surface area contributed by atoms with Crippen molar-refractivity contribution in [2.24, 2.45) is 17.8 Å². The Morgan fingerprint density at radius 3 is 2.58 bits per heavy atom. The smallest absolute Gasteiger partial charge is 0.233 e. The van der Waals surface area contributed by atoms with Gasteiger partial charge in [-0.25, -0.2) is 0 Å². The van der Waals surface area contributed by atoms with E-state index in [-0.39, 0.29) is 41.5 Å². The second-order valence-corrected chi connectivity index (χ2v) is 9.08. The molecule has 5 rings (SSSR count). The highest BCUT2D eigenvalue weighted by molar-refractivity contribution is 6.24. The van der Waals surface area contributed by atoms with Crippen LogP contribution in [-0.2, 0) is 19.2 Å². The zero-order chi connectivity index (χ0) is 23.6. The second-order valence-electron chi connectivity index (χ2n) is 9.08. The van der Waals surface area contributed by atoms with Crippen molar-refractivity contribution in [3.8, 4) is 11.5 Å². The number of rotatable bonds is 3. The highest BCUT2D eigenvalue weighted by Crippen LogP contribution is 2.56. The molecule has 0 spiro atoms. The lowest BCUT2D eigenvalue weighted by Gasteiger charge is -2.42. The predicted molar refractivity (Wildman–Crippen MR) is 118 cm³/mol. The fraction of sp³-hybridized carbons (Fsp3) is 0.385. The normalized spacial score (nSPS) is 28.9. The molecule has 0 saturated carbocycles.